The molecule has 0 bridgehead atoms. The molecule has 0 saturated carbocycles. The molecule has 0 aromatic carbocycles. The molecule has 1 heterocycles. The van der Waals surface area contributed by atoms with Crippen LogP contribution in [0.2, 0.25) is 0 Å². The smallest absolute Gasteiger partial charge is 0.312 e. The van der Waals surface area contributed by atoms with Crippen molar-refractivity contribution in [3.05, 3.63) is 12.7 Å². The number of carbonyl (C=O) groups is 1. The van der Waals surface area contributed by atoms with Crippen LogP contribution in [0.1, 0.15) is 19.3 Å². The lowest BCUT2D eigenvalue weighted by Crippen LogP contribution is -2.38. The molecule has 0 aromatic heterocycles. The van der Waals surface area contributed by atoms with Gasteiger partial charge in [0.25, 0.3) is 0 Å². The maximum absolute atomic E-state index is 10.9. The Morgan fingerprint density at radius 3 is 2.92 bits per heavy atom. The minimum atomic E-state index is -0.762. The minimum Gasteiger partial charge on any atom is -0.481 e. The van der Waals surface area contributed by atoms with E-state index in [1.54, 1.807) is 6.08 Å². The molecule has 3 nitrogen and oxygen atoms in total. The number of allylic oxidation sites excluding steroid dienone is 1. The maximum atomic E-state index is 10.9. The van der Waals surface area contributed by atoms with Gasteiger partial charge in [-0.05, 0) is 19.3 Å². The van der Waals surface area contributed by atoms with E-state index in [0.717, 1.165) is 6.42 Å². The predicted molar refractivity (Wildman–Crippen MR) is 44.9 cm³/mol. The summed E-state index contributed by atoms with van der Waals surface area (Å²) in [5.74, 6) is -0.762. The highest BCUT2D eigenvalue weighted by atomic mass is 16.5. The SMILES string of the molecule is C=CCC1(C(=O)O)CCCOC1. The van der Waals surface area contributed by atoms with Crippen LogP contribution in [-0.2, 0) is 9.53 Å². The highest BCUT2D eigenvalue weighted by Crippen LogP contribution is 2.32. The number of rotatable bonds is 3. The van der Waals surface area contributed by atoms with Gasteiger partial charge in [-0.25, -0.2) is 0 Å². The van der Waals surface area contributed by atoms with Gasteiger partial charge in [-0.1, -0.05) is 6.08 Å². The number of aliphatic carboxylic acids is 1. The summed E-state index contributed by atoms with van der Waals surface area (Å²) in [6, 6.07) is 0. The molecule has 0 amide bonds. The Labute approximate surface area is 72.0 Å². The second-order valence-electron chi connectivity index (χ2n) is 3.23. The fourth-order valence-corrected chi connectivity index (χ4v) is 1.55. The molecule has 1 rings (SSSR count). The molecule has 0 radical (unpaired) electrons. The van der Waals surface area contributed by atoms with E-state index in [0.29, 0.717) is 26.1 Å². The summed E-state index contributed by atoms with van der Waals surface area (Å²) in [6.07, 6.45) is 3.69. The molecule has 68 valence electrons. The first kappa shape index (κ1) is 9.26. The van der Waals surface area contributed by atoms with E-state index in [1.807, 2.05) is 0 Å². The van der Waals surface area contributed by atoms with Crippen LogP contribution >= 0.6 is 0 Å². The lowest BCUT2D eigenvalue weighted by atomic mass is 9.80. The van der Waals surface area contributed by atoms with Crippen LogP contribution in [-0.4, -0.2) is 24.3 Å². The summed E-state index contributed by atoms with van der Waals surface area (Å²) in [4.78, 5) is 10.9. The van der Waals surface area contributed by atoms with E-state index in [-0.39, 0.29) is 0 Å². The zero-order valence-corrected chi connectivity index (χ0v) is 7.08. The zero-order valence-electron chi connectivity index (χ0n) is 7.08. The molecular weight excluding hydrogens is 156 g/mol. The highest BCUT2D eigenvalue weighted by molar-refractivity contribution is 5.75. The summed E-state index contributed by atoms with van der Waals surface area (Å²) in [5, 5.41) is 8.99. The number of hydrogen-bond acceptors (Lipinski definition) is 2. The second-order valence-corrected chi connectivity index (χ2v) is 3.23. The lowest BCUT2D eigenvalue weighted by Gasteiger charge is -2.31. The summed E-state index contributed by atoms with van der Waals surface area (Å²) in [6.45, 7) is 4.58. The molecule has 0 aliphatic carbocycles. The Hall–Kier alpha value is -0.830. The Balaban J connectivity index is 2.69. The van der Waals surface area contributed by atoms with Gasteiger partial charge >= 0.3 is 5.97 Å². The lowest BCUT2D eigenvalue weighted by molar-refractivity contribution is -0.157. The van der Waals surface area contributed by atoms with Crippen LogP contribution in [0.3, 0.4) is 0 Å². The van der Waals surface area contributed by atoms with Crippen molar-refractivity contribution in [2.75, 3.05) is 13.2 Å². The third-order valence-electron chi connectivity index (χ3n) is 2.31. The van der Waals surface area contributed by atoms with Crippen molar-refractivity contribution < 1.29 is 14.6 Å². The van der Waals surface area contributed by atoms with Gasteiger partial charge in [0.05, 0.1) is 12.0 Å². The van der Waals surface area contributed by atoms with Gasteiger partial charge in [0, 0.05) is 6.61 Å². The fourth-order valence-electron chi connectivity index (χ4n) is 1.55. The summed E-state index contributed by atoms with van der Waals surface area (Å²) >= 11 is 0. The zero-order chi connectivity index (χ0) is 9.03. The van der Waals surface area contributed by atoms with E-state index < -0.39 is 11.4 Å². The molecule has 1 unspecified atom stereocenters. The summed E-state index contributed by atoms with van der Waals surface area (Å²) < 4.78 is 5.17. The van der Waals surface area contributed by atoms with Crippen molar-refractivity contribution in [2.24, 2.45) is 5.41 Å². The number of carboxylic acids is 1. The standard InChI is InChI=1S/C9H14O3/c1-2-4-9(8(10)11)5-3-6-12-7-9/h2H,1,3-7H2,(H,10,11). The molecule has 1 fully saturated rings. The first-order chi connectivity index (χ1) is 5.71. The van der Waals surface area contributed by atoms with Crippen LogP contribution in [0.15, 0.2) is 12.7 Å². The van der Waals surface area contributed by atoms with Crippen molar-refractivity contribution in [1.29, 1.82) is 0 Å². The van der Waals surface area contributed by atoms with Gasteiger partial charge in [-0.15, -0.1) is 6.58 Å². The van der Waals surface area contributed by atoms with Gasteiger partial charge in [-0.3, -0.25) is 4.79 Å². The fraction of sp³-hybridized carbons (Fsp3) is 0.667. The number of carboxylic acid groups (broad SMARTS) is 1. The van der Waals surface area contributed by atoms with Crippen LogP contribution in [0.4, 0.5) is 0 Å². The number of hydrogen-bond donors (Lipinski definition) is 1. The second kappa shape index (κ2) is 3.72. The third-order valence-corrected chi connectivity index (χ3v) is 2.31. The monoisotopic (exact) mass is 170 g/mol. The van der Waals surface area contributed by atoms with Gasteiger partial charge in [0.15, 0.2) is 0 Å². The molecule has 1 saturated heterocycles. The van der Waals surface area contributed by atoms with Gasteiger partial charge < -0.3 is 9.84 Å². The molecule has 1 atom stereocenters. The Bertz CT molecular complexity index is 180. The Kier molecular flexibility index (Phi) is 2.87. The van der Waals surface area contributed by atoms with E-state index in [1.165, 1.54) is 0 Å². The molecule has 1 aliphatic heterocycles. The molecule has 1 aliphatic rings. The molecule has 3 heteroatoms. The van der Waals surface area contributed by atoms with Crippen LogP contribution in [0.5, 0.6) is 0 Å². The first-order valence-corrected chi connectivity index (χ1v) is 4.13. The van der Waals surface area contributed by atoms with E-state index in [2.05, 4.69) is 6.58 Å². The topological polar surface area (TPSA) is 46.5 Å². The van der Waals surface area contributed by atoms with Crippen LogP contribution in [0.25, 0.3) is 0 Å². The molecule has 12 heavy (non-hydrogen) atoms. The molecule has 0 aromatic rings. The Morgan fingerprint density at radius 1 is 1.75 bits per heavy atom. The quantitative estimate of drug-likeness (QED) is 0.652. The largest absolute Gasteiger partial charge is 0.481 e. The van der Waals surface area contributed by atoms with Crippen LogP contribution < -0.4 is 0 Å². The third kappa shape index (κ3) is 1.67. The van der Waals surface area contributed by atoms with Crippen molar-refractivity contribution in [2.45, 2.75) is 19.3 Å². The first-order valence-electron chi connectivity index (χ1n) is 4.13. The summed E-state index contributed by atoms with van der Waals surface area (Å²) in [5.41, 5.74) is -0.694. The van der Waals surface area contributed by atoms with E-state index in [4.69, 9.17) is 9.84 Å². The molecular formula is C9H14O3. The van der Waals surface area contributed by atoms with Crippen molar-refractivity contribution in [3.63, 3.8) is 0 Å². The predicted octanol–water partition coefficient (Wildman–Crippen LogP) is 1.44. The maximum Gasteiger partial charge on any atom is 0.312 e. The van der Waals surface area contributed by atoms with Gasteiger partial charge in [0.2, 0.25) is 0 Å². The van der Waals surface area contributed by atoms with Gasteiger partial charge in [-0.2, -0.15) is 0 Å². The van der Waals surface area contributed by atoms with Crippen molar-refractivity contribution >= 4 is 5.97 Å². The van der Waals surface area contributed by atoms with Crippen molar-refractivity contribution in [3.8, 4) is 0 Å². The average molecular weight is 170 g/mol. The average Bonchev–Trinajstić information content (AvgIpc) is 2.06. The van der Waals surface area contributed by atoms with E-state index >= 15 is 0 Å². The molecule has 0 spiro atoms. The number of ether oxygens (including phenoxy) is 1. The normalized spacial score (nSPS) is 29.7. The Morgan fingerprint density at radius 2 is 2.50 bits per heavy atom. The van der Waals surface area contributed by atoms with E-state index in [9.17, 15) is 4.79 Å². The van der Waals surface area contributed by atoms with Gasteiger partial charge in [0.1, 0.15) is 0 Å². The summed E-state index contributed by atoms with van der Waals surface area (Å²) in [7, 11) is 0. The highest BCUT2D eigenvalue weighted by Gasteiger charge is 2.39. The van der Waals surface area contributed by atoms with Crippen molar-refractivity contribution in [1.82, 2.24) is 0 Å². The van der Waals surface area contributed by atoms with Crippen LogP contribution in [0, 0.1) is 5.41 Å². The minimum absolute atomic E-state index is 0.328. The molecule has 1 N–H and O–H groups in total.